The van der Waals surface area contributed by atoms with E-state index in [1.165, 1.54) is 0 Å². The van der Waals surface area contributed by atoms with Gasteiger partial charge in [-0.25, -0.2) is 0 Å². The van der Waals surface area contributed by atoms with E-state index in [1.54, 1.807) is 6.20 Å². The maximum atomic E-state index is 12.4. The third-order valence-electron chi connectivity index (χ3n) is 4.13. The summed E-state index contributed by atoms with van der Waals surface area (Å²) < 4.78 is 5.82. The van der Waals surface area contributed by atoms with Crippen LogP contribution in [-0.2, 0) is 4.74 Å². The highest BCUT2D eigenvalue weighted by Crippen LogP contribution is 2.17. The van der Waals surface area contributed by atoms with Gasteiger partial charge in [-0.3, -0.25) is 9.78 Å². The van der Waals surface area contributed by atoms with Crippen LogP contribution in [-0.4, -0.2) is 24.0 Å². The molecule has 128 valence electrons. The van der Waals surface area contributed by atoms with Gasteiger partial charge in [0.2, 0.25) is 0 Å². The van der Waals surface area contributed by atoms with Gasteiger partial charge in [0, 0.05) is 30.3 Å². The number of pyridine rings is 1. The molecule has 0 spiro atoms. The zero-order valence-electron chi connectivity index (χ0n) is 14.3. The standard InChI is InChI=1S/C21H22N2O2/c1-16(17-8-3-2-4-9-17)25-15-7-14-23-21(24)19-10-5-12-20-18(19)11-6-13-22-20/h2-6,8-13,16H,7,14-15H2,1H3,(H,23,24)/t16-/m1/s1. The van der Waals surface area contributed by atoms with Crippen molar-refractivity contribution in [3.05, 3.63) is 78.0 Å². The van der Waals surface area contributed by atoms with Gasteiger partial charge < -0.3 is 10.1 Å². The average molecular weight is 334 g/mol. The predicted octanol–water partition coefficient (Wildman–Crippen LogP) is 4.13. The Kier molecular flexibility index (Phi) is 5.75. The molecule has 1 heterocycles. The molecule has 4 heteroatoms. The van der Waals surface area contributed by atoms with Gasteiger partial charge in [-0.15, -0.1) is 0 Å². The van der Waals surface area contributed by atoms with Crippen LogP contribution in [0.1, 0.15) is 35.4 Å². The first-order valence-corrected chi connectivity index (χ1v) is 8.54. The number of amides is 1. The van der Waals surface area contributed by atoms with Crippen LogP contribution in [0.3, 0.4) is 0 Å². The SMILES string of the molecule is C[C@@H](OCCCNC(=O)c1cccc2ncccc12)c1ccccc1. The Morgan fingerprint density at radius 3 is 2.76 bits per heavy atom. The Morgan fingerprint density at radius 1 is 1.08 bits per heavy atom. The van der Waals surface area contributed by atoms with Gasteiger partial charge in [0.15, 0.2) is 0 Å². The van der Waals surface area contributed by atoms with Crippen LogP contribution in [0.5, 0.6) is 0 Å². The van der Waals surface area contributed by atoms with Gasteiger partial charge in [0.1, 0.15) is 0 Å². The van der Waals surface area contributed by atoms with Crippen LogP contribution in [0.4, 0.5) is 0 Å². The summed E-state index contributed by atoms with van der Waals surface area (Å²) in [4.78, 5) is 16.7. The van der Waals surface area contributed by atoms with Crippen LogP contribution in [0.2, 0.25) is 0 Å². The molecule has 0 saturated carbocycles. The lowest BCUT2D eigenvalue weighted by atomic mass is 10.1. The summed E-state index contributed by atoms with van der Waals surface area (Å²) in [6.07, 6.45) is 2.56. The number of fused-ring (bicyclic) bond motifs is 1. The third kappa shape index (κ3) is 4.43. The maximum absolute atomic E-state index is 12.4. The molecule has 0 radical (unpaired) electrons. The second-order valence-corrected chi connectivity index (χ2v) is 5.91. The zero-order valence-corrected chi connectivity index (χ0v) is 14.3. The molecule has 0 aliphatic rings. The third-order valence-corrected chi connectivity index (χ3v) is 4.13. The Bertz CT molecular complexity index is 828. The van der Waals surface area contributed by atoms with E-state index < -0.39 is 0 Å². The van der Waals surface area contributed by atoms with E-state index in [4.69, 9.17) is 4.74 Å². The first-order chi connectivity index (χ1) is 12.3. The number of carbonyl (C=O) groups is 1. The topological polar surface area (TPSA) is 51.2 Å². The Morgan fingerprint density at radius 2 is 1.92 bits per heavy atom. The minimum atomic E-state index is -0.0743. The van der Waals surface area contributed by atoms with Gasteiger partial charge in [-0.05, 0) is 37.1 Å². The Balaban J connectivity index is 1.47. The van der Waals surface area contributed by atoms with Crippen LogP contribution < -0.4 is 5.32 Å². The van der Waals surface area contributed by atoms with Crippen molar-refractivity contribution in [1.29, 1.82) is 0 Å². The highest BCUT2D eigenvalue weighted by atomic mass is 16.5. The normalized spacial score (nSPS) is 12.0. The van der Waals surface area contributed by atoms with Crippen LogP contribution in [0.25, 0.3) is 10.9 Å². The molecule has 0 aliphatic heterocycles. The van der Waals surface area contributed by atoms with Crippen molar-refractivity contribution in [2.75, 3.05) is 13.2 Å². The van der Waals surface area contributed by atoms with Gasteiger partial charge >= 0.3 is 0 Å². The number of ether oxygens (including phenoxy) is 1. The van der Waals surface area contributed by atoms with E-state index in [2.05, 4.69) is 22.4 Å². The number of rotatable bonds is 7. The summed E-state index contributed by atoms with van der Waals surface area (Å²) in [5.41, 5.74) is 2.65. The Labute approximate surface area is 147 Å². The molecule has 0 fully saturated rings. The molecule has 0 saturated heterocycles. The number of aromatic nitrogens is 1. The van der Waals surface area contributed by atoms with E-state index in [0.717, 1.165) is 22.9 Å². The number of carbonyl (C=O) groups excluding carboxylic acids is 1. The molecule has 2 aromatic carbocycles. The minimum absolute atomic E-state index is 0.0565. The predicted molar refractivity (Wildman–Crippen MR) is 99.5 cm³/mol. The fourth-order valence-electron chi connectivity index (χ4n) is 2.75. The number of benzene rings is 2. The minimum Gasteiger partial charge on any atom is -0.374 e. The second-order valence-electron chi connectivity index (χ2n) is 5.91. The van der Waals surface area contributed by atoms with E-state index in [0.29, 0.717) is 18.7 Å². The van der Waals surface area contributed by atoms with Gasteiger partial charge in [0.25, 0.3) is 5.91 Å². The van der Waals surface area contributed by atoms with Gasteiger partial charge in [-0.1, -0.05) is 42.5 Å². The van der Waals surface area contributed by atoms with Gasteiger partial charge in [-0.2, -0.15) is 0 Å². The van der Waals surface area contributed by atoms with Crippen molar-refractivity contribution in [2.24, 2.45) is 0 Å². The van der Waals surface area contributed by atoms with Crippen LogP contribution in [0, 0.1) is 0 Å². The molecule has 0 unspecified atom stereocenters. The highest BCUT2D eigenvalue weighted by molar-refractivity contribution is 6.06. The molecular formula is C21H22N2O2. The molecule has 25 heavy (non-hydrogen) atoms. The molecule has 1 amide bonds. The van der Waals surface area contributed by atoms with Crippen molar-refractivity contribution in [3.63, 3.8) is 0 Å². The first kappa shape index (κ1) is 17.1. The van der Waals surface area contributed by atoms with E-state index >= 15 is 0 Å². The fraction of sp³-hybridized carbons (Fsp3) is 0.238. The molecule has 3 aromatic rings. The monoisotopic (exact) mass is 334 g/mol. The highest BCUT2D eigenvalue weighted by Gasteiger charge is 2.09. The van der Waals surface area contributed by atoms with Crippen LogP contribution in [0.15, 0.2) is 66.9 Å². The summed E-state index contributed by atoms with van der Waals surface area (Å²) in [5.74, 6) is -0.0743. The summed E-state index contributed by atoms with van der Waals surface area (Å²) in [5, 5.41) is 3.83. The lowest BCUT2D eigenvalue weighted by Gasteiger charge is -2.13. The number of hydrogen-bond donors (Lipinski definition) is 1. The van der Waals surface area contributed by atoms with Crippen LogP contribution >= 0.6 is 0 Å². The lowest BCUT2D eigenvalue weighted by molar-refractivity contribution is 0.0635. The van der Waals surface area contributed by atoms with E-state index in [9.17, 15) is 4.79 Å². The number of nitrogens with one attached hydrogen (secondary N) is 1. The average Bonchev–Trinajstić information content (AvgIpc) is 2.67. The molecule has 4 nitrogen and oxygen atoms in total. The second kappa shape index (κ2) is 8.40. The smallest absolute Gasteiger partial charge is 0.251 e. The molecule has 1 N–H and O–H groups in total. The maximum Gasteiger partial charge on any atom is 0.251 e. The van der Waals surface area contributed by atoms with Crippen molar-refractivity contribution in [1.82, 2.24) is 10.3 Å². The number of nitrogens with zero attached hydrogens (tertiary/aromatic N) is 1. The fourth-order valence-corrected chi connectivity index (χ4v) is 2.75. The number of hydrogen-bond acceptors (Lipinski definition) is 3. The molecule has 3 rings (SSSR count). The summed E-state index contributed by atoms with van der Waals surface area (Å²) in [6.45, 7) is 3.22. The largest absolute Gasteiger partial charge is 0.374 e. The first-order valence-electron chi connectivity index (χ1n) is 8.54. The molecule has 1 atom stereocenters. The Hall–Kier alpha value is -2.72. The van der Waals surface area contributed by atoms with Gasteiger partial charge in [0.05, 0.1) is 11.6 Å². The zero-order chi connectivity index (χ0) is 17.5. The van der Waals surface area contributed by atoms with E-state index in [-0.39, 0.29) is 12.0 Å². The molecule has 0 aliphatic carbocycles. The van der Waals surface area contributed by atoms with Crippen molar-refractivity contribution < 1.29 is 9.53 Å². The quantitative estimate of drug-likeness (QED) is 0.661. The van der Waals surface area contributed by atoms with Crippen molar-refractivity contribution >= 4 is 16.8 Å². The molecule has 1 aromatic heterocycles. The molecular weight excluding hydrogens is 312 g/mol. The summed E-state index contributed by atoms with van der Waals surface area (Å²) in [7, 11) is 0. The lowest BCUT2D eigenvalue weighted by Crippen LogP contribution is -2.25. The summed E-state index contributed by atoms with van der Waals surface area (Å²) in [6, 6.07) is 19.5. The van der Waals surface area contributed by atoms with E-state index in [1.807, 2.05) is 55.5 Å². The van der Waals surface area contributed by atoms with Crippen molar-refractivity contribution in [3.8, 4) is 0 Å². The summed E-state index contributed by atoms with van der Waals surface area (Å²) >= 11 is 0. The molecule has 0 bridgehead atoms. The van der Waals surface area contributed by atoms with Crippen molar-refractivity contribution in [2.45, 2.75) is 19.4 Å².